The van der Waals surface area contributed by atoms with Gasteiger partial charge in [-0.15, -0.1) is 10.2 Å². The van der Waals surface area contributed by atoms with Crippen LogP contribution in [-0.4, -0.2) is 35.9 Å². The molecule has 0 unspecified atom stereocenters. The number of aromatic nitrogens is 5. The van der Waals surface area contributed by atoms with Crippen LogP contribution in [0.4, 0.5) is 0 Å². The molecule has 3 aromatic heterocycles. The Kier molecular flexibility index (Phi) is 2.71. The van der Waals surface area contributed by atoms with Crippen molar-refractivity contribution in [2.24, 2.45) is 0 Å². The number of carboxylic acid groups (broad SMARTS) is 1. The maximum Gasteiger partial charge on any atom is 0.303 e. The number of nitrogens with zero attached hydrogens (tertiary/aromatic N) is 4. The summed E-state index contributed by atoms with van der Waals surface area (Å²) in [6.45, 7) is 0. The van der Waals surface area contributed by atoms with Crippen LogP contribution in [0.1, 0.15) is 12.2 Å². The Hall–Kier alpha value is -2.70. The number of carbonyl (C=O) groups is 1. The van der Waals surface area contributed by atoms with Crippen molar-refractivity contribution < 1.29 is 9.90 Å². The summed E-state index contributed by atoms with van der Waals surface area (Å²) in [4.78, 5) is 13.7. The summed E-state index contributed by atoms with van der Waals surface area (Å²) in [5.74, 6) is -0.317. The third-order valence-corrected chi connectivity index (χ3v) is 2.76. The van der Waals surface area contributed by atoms with Crippen LogP contribution in [0.2, 0.25) is 0 Å². The Morgan fingerprint density at radius 3 is 2.95 bits per heavy atom. The Morgan fingerprint density at radius 2 is 2.21 bits per heavy atom. The third-order valence-electron chi connectivity index (χ3n) is 2.76. The molecule has 3 rings (SSSR count). The van der Waals surface area contributed by atoms with Crippen molar-refractivity contribution in [3.05, 3.63) is 36.3 Å². The highest BCUT2D eigenvalue weighted by atomic mass is 16.4. The molecule has 96 valence electrons. The molecule has 0 atom stereocenters. The molecule has 0 bridgehead atoms. The van der Waals surface area contributed by atoms with Crippen LogP contribution in [0.5, 0.6) is 0 Å². The predicted molar refractivity (Wildman–Crippen MR) is 66.5 cm³/mol. The van der Waals surface area contributed by atoms with Gasteiger partial charge in [-0.1, -0.05) is 0 Å². The van der Waals surface area contributed by atoms with Crippen LogP contribution in [-0.2, 0) is 11.2 Å². The molecular formula is C12H11N5O2. The largest absolute Gasteiger partial charge is 0.481 e. The lowest BCUT2D eigenvalue weighted by atomic mass is 10.3. The molecule has 0 saturated heterocycles. The molecule has 0 aliphatic heterocycles. The summed E-state index contributed by atoms with van der Waals surface area (Å²) < 4.78 is 1.58. The molecule has 0 radical (unpaired) electrons. The molecule has 7 heteroatoms. The molecular weight excluding hydrogens is 246 g/mol. The first-order valence-electron chi connectivity index (χ1n) is 5.81. The molecule has 0 aliphatic carbocycles. The van der Waals surface area contributed by atoms with Gasteiger partial charge in [0.25, 0.3) is 0 Å². The first kappa shape index (κ1) is 11.4. The van der Waals surface area contributed by atoms with Gasteiger partial charge < -0.3 is 10.1 Å². The third kappa shape index (κ3) is 2.17. The predicted octanol–water partition coefficient (Wildman–Crippen LogP) is 1.14. The highest BCUT2D eigenvalue weighted by Crippen LogP contribution is 2.15. The fraction of sp³-hybridized carbons (Fsp3) is 0.167. The second kappa shape index (κ2) is 4.52. The molecule has 3 heterocycles. The Morgan fingerprint density at radius 1 is 1.32 bits per heavy atom. The van der Waals surface area contributed by atoms with Crippen LogP contribution in [0, 0.1) is 0 Å². The number of hydrogen-bond donors (Lipinski definition) is 2. The molecule has 2 N–H and O–H groups in total. The van der Waals surface area contributed by atoms with Gasteiger partial charge in [0.15, 0.2) is 11.5 Å². The van der Waals surface area contributed by atoms with E-state index in [-0.39, 0.29) is 6.42 Å². The number of hydrogen-bond acceptors (Lipinski definition) is 4. The zero-order chi connectivity index (χ0) is 13.2. The Balaban J connectivity index is 2.00. The quantitative estimate of drug-likeness (QED) is 0.730. The SMILES string of the molecule is O=C(O)CCc1nnc2ccc(-c3ccc[nH]3)nn12. The lowest BCUT2D eigenvalue weighted by molar-refractivity contribution is -0.137. The summed E-state index contributed by atoms with van der Waals surface area (Å²) in [6, 6.07) is 7.45. The number of aryl methyl sites for hydroxylation is 1. The molecule has 0 aromatic carbocycles. The van der Waals surface area contributed by atoms with Crippen molar-refractivity contribution >= 4 is 11.6 Å². The average Bonchev–Trinajstić information content (AvgIpc) is 3.05. The maximum atomic E-state index is 10.6. The molecule has 0 aliphatic rings. The van der Waals surface area contributed by atoms with Gasteiger partial charge in [-0.25, -0.2) is 0 Å². The lowest BCUT2D eigenvalue weighted by Crippen LogP contribution is -2.04. The van der Waals surface area contributed by atoms with Crippen molar-refractivity contribution in [2.45, 2.75) is 12.8 Å². The Labute approximate surface area is 107 Å². The number of fused-ring (bicyclic) bond motifs is 1. The minimum atomic E-state index is -0.864. The lowest BCUT2D eigenvalue weighted by Gasteiger charge is -2.00. The monoisotopic (exact) mass is 257 g/mol. The topological polar surface area (TPSA) is 96.2 Å². The van der Waals surface area contributed by atoms with Crippen molar-refractivity contribution in [3.63, 3.8) is 0 Å². The van der Waals surface area contributed by atoms with E-state index in [0.717, 1.165) is 11.4 Å². The van der Waals surface area contributed by atoms with E-state index in [1.54, 1.807) is 10.6 Å². The van der Waals surface area contributed by atoms with Gasteiger partial charge >= 0.3 is 5.97 Å². The summed E-state index contributed by atoms with van der Waals surface area (Å²) >= 11 is 0. The number of aliphatic carboxylic acids is 1. The number of rotatable bonds is 4. The van der Waals surface area contributed by atoms with E-state index >= 15 is 0 Å². The average molecular weight is 257 g/mol. The number of carboxylic acids is 1. The van der Waals surface area contributed by atoms with Gasteiger partial charge in [0.1, 0.15) is 5.69 Å². The molecule has 0 saturated carbocycles. The number of aromatic amines is 1. The minimum Gasteiger partial charge on any atom is -0.481 e. The molecule has 0 fully saturated rings. The highest BCUT2D eigenvalue weighted by Gasteiger charge is 2.10. The first-order chi connectivity index (χ1) is 9.24. The van der Waals surface area contributed by atoms with Gasteiger partial charge in [-0.05, 0) is 24.3 Å². The van der Waals surface area contributed by atoms with E-state index in [1.807, 2.05) is 24.4 Å². The van der Waals surface area contributed by atoms with Crippen molar-refractivity contribution in [2.75, 3.05) is 0 Å². The molecule has 19 heavy (non-hydrogen) atoms. The van der Waals surface area contributed by atoms with E-state index < -0.39 is 5.97 Å². The van der Waals surface area contributed by atoms with E-state index in [0.29, 0.717) is 17.9 Å². The minimum absolute atomic E-state index is 0.00913. The standard InChI is InChI=1S/C12H11N5O2/c18-12(19)6-5-11-15-14-10-4-3-9(16-17(10)11)8-2-1-7-13-8/h1-4,7,13H,5-6H2,(H,18,19). The Bertz CT molecular complexity index is 717. The van der Waals surface area contributed by atoms with E-state index in [1.165, 1.54) is 0 Å². The van der Waals surface area contributed by atoms with E-state index in [2.05, 4.69) is 20.3 Å². The summed E-state index contributed by atoms with van der Waals surface area (Å²) in [6.07, 6.45) is 2.13. The normalized spacial score (nSPS) is 10.9. The fourth-order valence-electron chi connectivity index (χ4n) is 1.84. The number of nitrogens with one attached hydrogen (secondary N) is 1. The molecule has 0 amide bonds. The summed E-state index contributed by atoms with van der Waals surface area (Å²) in [5, 5.41) is 21.1. The molecule has 7 nitrogen and oxygen atoms in total. The smallest absolute Gasteiger partial charge is 0.303 e. The van der Waals surface area contributed by atoms with Gasteiger partial charge in [-0.3, -0.25) is 4.79 Å². The molecule has 3 aromatic rings. The van der Waals surface area contributed by atoms with E-state index in [9.17, 15) is 4.79 Å². The fourth-order valence-corrected chi connectivity index (χ4v) is 1.84. The summed E-state index contributed by atoms with van der Waals surface area (Å²) in [5.41, 5.74) is 2.25. The maximum absolute atomic E-state index is 10.6. The van der Waals surface area contributed by atoms with Crippen LogP contribution in [0.25, 0.3) is 17.0 Å². The zero-order valence-corrected chi connectivity index (χ0v) is 9.95. The van der Waals surface area contributed by atoms with E-state index in [4.69, 9.17) is 5.11 Å². The van der Waals surface area contributed by atoms with Crippen molar-refractivity contribution in [3.8, 4) is 11.4 Å². The van der Waals surface area contributed by atoms with Gasteiger partial charge in [0.2, 0.25) is 0 Å². The van der Waals surface area contributed by atoms with Crippen molar-refractivity contribution in [1.82, 2.24) is 24.8 Å². The highest BCUT2D eigenvalue weighted by molar-refractivity contribution is 5.67. The summed E-state index contributed by atoms with van der Waals surface area (Å²) in [7, 11) is 0. The van der Waals surface area contributed by atoms with Gasteiger partial charge in [-0.2, -0.15) is 9.61 Å². The van der Waals surface area contributed by atoms with Gasteiger partial charge in [0.05, 0.1) is 12.1 Å². The van der Waals surface area contributed by atoms with Crippen LogP contribution in [0.3, 0.4) is 0 Å². The second-order valence-electron chi connectivity index (χ2n) is 4.08. The number of H-pyrrole nitrogens is 1. The van der Waals surface area contributed by atoms with Crippen molar-refractivity contribution in [1.29, 1.82) is 0 Å². The first-order valence-corrected chi connectivity index (χ1v) is 5.81. The van der Waals surface area contributed by atoms with Gasteiger partial charge in [0, 0.05) is 12.6 Å². The van der Waals surface area contributed by atoms with Crippen LogP contribution in [0.15, 0.2) is 30.5 Å². The zero-order valence-electron chi connectivity index (χ0n) is 9.95. The van der Waals surface area contributed by atoms with Crippen LogP contribution < -0.4 is 0 Å². The second-order valence-corrected chi connectivity index (χ2v) is 4.08. The molecule has 0 spiro atoms. The van der Waals surface area contributed by atoms with Crippen LogP contribution >= 0.6 is 0 Å².